The molecule has 0 saturated heterocycles. The molecule has 0 spiro atoms. The molecule has 0 fully saturated rings. The van der Waals surface area contributed by atoms with Gasteiger partial charge in [-0.1, -0.05) is 0 Å². The number of ether oxygens (including phenoxy) is 2. The van der Waals surface area contributed by atoms with E-state index >= 15 is 0 Å². The highest BCUT2D eigenvalue weighted by molar-refractivity contribution is 5.75. The molecular formula is C13H12F3NO3. The van der Waals surface area contributed by atoms with E-state index in [0.717, 1.165) is 6.07 Å². The molecule has 1 rings (SSSR count). The molecule has 7 heteroatoms. The Morgan fingerprint density at radius 3 is 2.50 bits per heavy atom. The molecule has 1 aromatic carbocycles. The number of esters is 1. The summed E-state index contributed by atoms with van der Waals surface area (Å²) in [5.41, 5.74) is -1.18. The first-order valence-corrected chi connectivity index (χ1v) is 5.67. The molecule has 0 unspecified atom stereocenters. The molecule has 0 bridgehead atoms. The molecule has 20 heavy (non-hydrogen) atoms. The van der Waals surface area contributed by atoms with E-state index in [-0.39, 0.29) is 29.9 Å². The first kappa shape index (κ1) is 15.8. The van der Waals surface area contributed by atoms with Gasteiger partial charge in [-0.3, -0.25) is 4.79 Å². The van der Waals surface area contributed by atoms with E-state index in [9.17, 15) is 18.0 Å². The first-order chi connectivity index (χ1) is 9.33. The van der Waals surface area contributed by atoms with Gasteiger partial charge in [0.15, 0.2) is 0 Å². The van der Waals surface area contributed by atoms with Gasteiger partial charge in [-0.15, -0.1) is 0 Å². The van der Waals surface area contributed by atoms with Crippen molar-refractivity contribution in [2.24, 2.45) is 0 Å². The number of alkyl halides is 3. The fourth-order valence-corrected chi connectivity index (χ4v) is 1.63. The largest absolute Gasteiger partial charge is 0.496 e. The van der Waals surface area contributed by atoms with Crippen molar-refractivity contribution < 1.29 is 27.4 Å². The van der Waals surface area contributed by atoms with Gasteiger partial charge >= 0.3 is 12.1 Å². The zero-order valence-electron chi connectivity index (χ0n) is 10.9. The second kappa shape index (κ2) is 6.28. The van der Waals surface area contributed by atoms with E-state index in [1.807, 2.05) is 0 Å². The molecule has 0 saturated carbocycles. The van der Waals surface area contributed by atoms with Crippen molar-refractivity contribution in [3.63, 3.8) is 0 Å². The average molecular weight is 287 g/mol. The molecule has 108 valence electrons. The van der Waals surface area contributed by atoms with Crippen LogP contribution >= 0.6 is 0 Å². The Kier molecular flexibility index (Phi) is 4.97. The summed E-state index contributed by atoms with van der Waals surface area (Å²) in [6.45, 7) is 1.75. The van der Waals surface area contributed by atoms with Crippen LogP contribution in [0.1, 0.15) is 23.6 Å². The summed E-state index contributed by atoms with van der Waals surface area (Å²) in [5.74, 6) is -0.800. The fraction of sp³-hybridized carbons (Fsp3) is 0.385. The number of carbonyl (C=O) groups excluding carboxylic acids is 1. The lowest BCUT2D eigenvalue weighted by Crippen LogP contribution is -2.12. The van der Waals surface area contributed by atoms with Crippen LogP contribution in [0.15, 0.2) is 12.1 Å². The Morgan fingerprint density at radius 2 is 2.05 bits per heavy atom. The van der Waals surface area contributed by atoms with Crippen molar-refractivity contribution in [1.82, 2.24) is 0 Å². The number of rotatable bonds is 4. The second-order valence-electron chi connectivity index (χ2n) is 3.80. The topological polar surface area (TPSA) is 59.3 Å². The summed E-state index contributed by atoms with van der Waals surface area (Å²) in [6, 6.07) is 3.09. The Morgan fingerprint density at radius 1 is 1.40 bits per heavy atom. The predicted molar refractivity (Wildman–Crippen MR) is 63.0 cm³/mol. The Balaban J connectivity index is 3.30. The van der Waals surface area contributed by atoms with Crippen LogP contribution in [0.5, 0.6) is 5.75 Å². The Hall–Kier alpha value is -2.23. The minimum atomic E-state index is -4.60. The third-order valence-corrected chi connectivity index (χ3v) is 2.50. The Labute approximate surface area is 113 Å². The predicted octanol–water partition coefficient (Wildman–Crippen LogP) is 2.69. The maximum Gasteiger partial charge on any atom is 0.416 e. The fourth-order valence-electron chi connectivity index (χ4n) is 1.63. The molecule has 0 radical (unpaired) electrons. The number of hydrogen-bond acceptors (Lipinski definition) is 4. The number of halogens is 3. The zero-order chi connectivity index (χ0) is 15.3. The summed E-state index contributed by atoms with van der Waals surface area (Å²) in [6.07, 6.45) is -4.92. The maximum atomic E-state index is 12.7. The van der Waals surface area contributed by atoms with Crippen LogP contribution in [0.4, 0.5) is 13.2 Å². The number of methoxy groups -OCH3 is 1. The quantitative estimate of drug-likeness (QED) is 0.799. The maximum absolute atomic E-state index is 12.7. The SMILES string of the molecule is CCOC(=O)Cc1c(C#N)cc(C(F)(F)F)cc1OC. The van der Waals surface area contributed by atoms with E-state index in [0.29, 0.717) is 6.07 Å². The van der Waals surface area contributed by atoms with Crippen LogP contribution in [0.3, 0.4) is 0 Å². The van der Waals surface area contributed by atoms with Gasteiger partial charge < -0.3 is 9.47 Å². The third kappa shape index (κ3) is 3.63. The highest BCUT2D eigenvalue weighted by Gasteiger charge is 2.33. The van der Waals surface area contributed by atoms with Crippen LogP contribution in [-0.4, -0.2) is 19.7 Å². The zero-order valence-corrected chi connectivity index (χ0v) is 10.9. The summed E-state index contributed by atoms with van der Waals surface area (Å²) in [7, 11) is 1.17. The van der Waals surface area contributed by atoms with Crippen molar-refractivity contribution in [2.75, 3.05) is 13.7 Å². The van der Waals surface area contributed by atoms with Crippen LogP contribution in [-0.2, 0) is 22.1 Å². The lowest BCUT2D eigenvalue weighted by molar-refractivity contribution is -0.142. The van der Waals surface area contributed by atoms with E-state index < -0.39 is 17.7 Å². The normalized spacial score (nSPS) is 10.8. The molecule has 0 N–H and O–H groups in total. The molecule has 0 aromatic heterocycles. The van der Waals surface area contributed by atoms with Crippen LogP contribution in [0.25, 0.3) is 0 Å². The lowest BCUT2D eigenvalue weighted by atomic mass is 10.0. The minimum absolute atomic E-state index is 0.0847. The highest BCUT2D eigenvalue weighted by Crippen LogP contribution is 2.35. The number of benzene rings is 1. The molecule has 0 atom stereocenters. The van der Waals surface area contributed by atoms with Crippen molar-refractivity contribution >= 4 is 5.97 Å². The lowest BCUT2D eigenvalue weighted by Gasteiger charge is -2.14. The van der Waals surface area contributed by atoms with E-state index in [1.165, 1.54) is 7.11 Å². The summed E-state index contributed by atoms with van der Waals surface area (Å²) in [5, 5.41) is 8.95. The average Bonchev–Trinajstić information content (AvgIpc) is 2.37. The highest BCUT2D eigenvalue weighted by atomic mass is 19.4. The van der Waals surface area contributed by atoms with Gasteiger partial charge in [0, 0.05) is 5.56 Å². The van der Waals surface area contributed by atoms with Gasteiger partial charge in [0.05, 0.1) is 37.3 Å². The monoisotopic (exact) mass is 287 g/mol. The molecule has 0 heterocycles. The molecule has 1 aromatic rings. The number of carbonyl (C=O) groups is 1. The van der Waals surface area contributed by atoms with Crippen molar-refractivity contribution in [1.29, 1.82) is 5.26 Å². The number of hydrogen-bond donors (Lipinski definition) is 0. The molecule has 0 aliphatic carbocycles. The van der Waals surface area contributed by atoms with E-state index in [1.54, 1.807) is 13.0 Å². The third-order valence-electron chi connectivity index (χ3n) is 2.50. The van der Waals surface area contributed by atoms with Gasteiger partial charge in [0.1, 0.15) is 5.75 Å². The van der Waals surface area contributed by atoms with Gasteiger partial charge in [-0.2, -0.15) is 18.4 Å². The first-order valence-electron chi connectivity index (χ1n) is 5.67. The summed E-state index contributed by atoms with van der Waals surface area (Å²) >= 11 is 0. The number of nitriles is 1. The standard InChI is InChI=1S/C13H12F3NO3/c1-3-20-12(18)6-10-8(7-17)4-9(13(14,15)16)5-11(10)19-2/h4-5H,3,6H2,1-2H3. The van der Waals surface area contributed by atoms with Crippen LogP contribution < -0.4 is 4.74 Å². The molecular weight excluding hydrogens is 275 g/mol. The molecule has 0 aliphatic rings. The van der Waals surface area contributed by atoms with Gasteiger partial charge in [0.25, 0.3) is 0 Å². The molecule has 4 nitrogen and oxygen atoms in total. The van der Waals surface area contributed by atoms with Crippen LogP contribution in [0, 0.1) is 11.3 Å². The minimum Gasteiger partial charge on any atom is -0.496 e. The Bertz CT molecular complexity index is 547. The van der Waals surface area contributed by atoms with Gasteiger partial charge in [-0.05, 0) is 19.1 Å². The van der Waals surface area contributed by atoms with Gasteiger partial charge in [-0.25, -0.2) is 0 Å². The van der Waals surface area contributed by atoms with Crippen molar-refractivity contribution in [2.45, 2.75) is 19.5 Å². The molecule has 0 amide bonds. The smallest absolute Gasteiger partial charge is 0.416 e. The van der Waals surface area contributed by atoms with Gasteiger partial charge in [0.2, 0.25) is 0 Å². The summed E-state index contributed by atoms with van der Waals surface area (Å²) < 4.78 is 47.6. The van der Waals surface area contributed by atoms with Crippen molar-refractivity contribution in [3.05, 3.63) is 28.8 Å². The van der Waals surface area contributed by atoms with Crippen LogP contribution in [0.2, 0.25) is 0 Å². The van der Waals surface area contributed by atoms with E-state index in [2.05, 4.69) is 0 Å². The van der Waals surface area contributed by atoms with E-state index in [4.69, 9.17) is 14.7 Å². The molecule has 0 aliphatic heterocycles. The number of nitrogens with zero attached hydrogens (tertiary/aromatic N) is 1. The summed E-state index contributed by atoms with van der Waals surface area (Å²) in [4.78, 5) is 11.4. The van der Waals surface area contributed by atoms with Crippen molar-refractivity contribution in [3.8, 4) is 11.8 Å². The second-order valence-corrected chi connectivity index (χ2v) is 3.80.